The van der Waals surface area contributed by atoms with E-state index < -0.39 is 0 Å². The molecule has 1 aromatic heterocycles. The van der Waals surface area contributed by atoms with Crippen LogP contribution in [0.2, 0.25) is 5.02 Å². The molecule has 0 spiro atoms. The Bertz CT molecular complexity index is 539. The lowest BCUT2D eigenvalue weighted by Crippen LogP contribution is -2.23. The van der Waals surface area contributed by atoms with E-state index in [0.29, 0.717) is 6.04 Å². The smallest absolute Gasteiger partial charge is 0.0512 e. The molecule has 0 aliphatic rings. The maximum absolute atomic E-state index is 6.04. The van der Waals surface area contributed by atoms with E-state index in [-0.39, 0.29) is 0 Å². The van der Waals surface area contributed by atoms with Crippen LogP contribution < -0.4 is 5.32 Å². The fourth-order valence-corrected chi connectivity index (χ4v) is 4.42. The van der Waals surface area contributed by atoms with E-state index in [9.17, 15) is 0 Å². The van der Waals surface area contributed by atoms with Gasteiger partial charge in [-0.05, 0) is 55.1 Å². The molecule has 2 rings (SSSR count). The van der Waals surface area contributed by atoms with Crippen LogP contribution in [-0.2, 0) is 0 Å². The van der Waals surface area contributed by atoms with Crippen molar-refractivity contribution in [1.82, 2.24) is 5.32 Å². The van der Waals surface area contributed by atoms with Crippen molar-refractivity contribution in [2.24, 2.45) is 0 Å². The summed E-state index contributed by atoms with van der Waals surface area (Å²) in [7, 11) is 0. The van der Waals surface area contributed by atoms with Crippen molar-refractivity contribution in [3.63, 3.8) is 0 Å². The van der Waals surface area contributed by atoms with E-state index in [1.165, 1.54) is 15.3 Å². The number of thioether (sulfide) groups is 1. The van der Waals surface area contributed by atoms with E-state index in [4.69, 9.17) is 11.6 Å². The van der Waals surface area contributed by atoms with Crippen LogP contribution in [0.3, 0.4) is 0 Å². The molecule has 0 fully saturated rings. The van der Waals surface area contributed by atoms with E-state index in [2.05, 4.69) is 36.7 Å². The summed E-state index contributed by atoms with van der Waals surface area (Å²) in [6, 6.07) is 10.7. The Labute approximate surface area is 134 Å². The number of halogens is 1. The molecule has 0 aliphatic carbocycles. The predicted octanol–water partition coefficient (Wildman–Crippen LogP) is 5.54. The molecular weight excluding hydrogens is 306 g/mol. The fraction of sp³-hybridized carbons (Fsp3) is 0.375. The van der Waals surface area contributed by atoms with Gasteiger partial charge in [0.15, 0.2) is 0 Å². The Balaban J connectivity index is 2.03. The first-order chi connectivity index (χ1) is 9.70. The molecule has 2 aromatic rings. The highest BCUT2D eigenvalue weighted by molar-refractivity contribution is 7.99. The maximum Gasteiger partial charge on any atom is 0.0512 e. The average Bonchev–Trinajstić information content (AvgIpc) is 2.85. The van der Waals surface area contributed by atoms with Gasteiger partial charge in [-0.3, -0.25) is 0 Å². The van der Waals surface area contributed by atoms with Crippen molar-refractivity contribution in [2.75, 3.05) is 12.3 Å². The Morgan fingerprint density at radius 3 is 2.85 bits per heavy atom. The minimum absolute atomic E-state index is 0.416. The van der Waals surface area contributed by atoms with Crippen molar-refractivity contribution in [3.8, 4) is 0 Å². The molecule has 1 heterocycles. The summed E-state index contributed by atoms with van der Waals surface area (Å²) in [5.41, 5.74) is 1.38. The van der Waals surface area contributed by atoms with Gasteiger partial charge in [-0.2, -0.15) is 0 Å². The standard InChI is InChI=1S/C16H20ClNS2/c1-3-8-18-15(16-12(2)7-9-19-16)11-20-14-6-4-5-13(17)10-14/h4-7,9-10,15,18H,3,8,11H2,1-2H3. The molecule has 1 atom stereocenters. The largest absolute Gasteiger partial charge is 0.309 e. The van der Waals surface area contributed by atoms with Crippen LogP contribution in [0.5, 0.6) is 0 Å². The second-order valence-electron chi connectivity index (χ2n) is 4.74. The van der Waals surface area contributed by atoms with Crippen LogP contribution in [-0.4, -0.2) is 12.3 Å². The van der Waals surface area contributed by atoms with E-state index in [0.717, 1.165) is 23.7 Å². The molecular formula is C16H20ClNS2. The molecule has 1 N–H and O–H groups in total. The van der Waals surface area contributed by atoms with Crippen LogP contribution in [0.1, 0.15) is 29.8 Å². The molecule has 4 heteroatoms. The molecule has 0 saturated heterocycles. The zero-order chi connectivity index (χ0) is 14.4. The van der Waals surface area contributed by atoms with E-state index in [1.54, 1.807) is 0 Å². The first-order valence-corrected chi connectivity index (χ1v) is 9.10. The number of hydrogen-bond donors (Lipinski definition) is 1. The minimum atomic E-state index is 0.416. The highest BCUT2D eigenvalue weighted by Crippen LogP contribution is 2.30. The van der Waals surface area contributed by atoms with Gasteiger partial charge in [-0.25, -0.2) is 0 Å². The monoisotopic (exact) mass is 325 g/mol. The number of rotatable bonds is 7. The van der Waals surface area contributed by atoms with Crippen molar-refractivity contribution >= 4 is 34.7 Å². The van der Waals surface area contributed by atoms with Crippen molar-refractivity contribution < 1.29 is 0 Å². The van der Waals surface area contributed by atoms with Gasteiger partial charge in [0.1, 0.15) is 0 Å². The second kappa shape index (κ2) is 8.08. The third-order valence-electron chi connectivity index (χ3n) is 3.07. The number of thiophene rings is 1. The van der Waals surface area contributed by atoms with Gasteiger partial charge in [0.25, 0.3) is 0 Å². The van der Waals surface area contributed by atoms with Crippen LogP contribution in [0.4, 0.5) is 0 Å². The molecule has 1 aromatic carbocycles. The van der Waals surface area contributed by atoms with Crippen LogP contribution in [0.25, 0.3) is 0 Å². The Hall–Kier alpha value is -0.480. The Morgan fingerprint density at radius 2 is 2.20 bits per heavy atom. The predicted molar refractivity (Wildman–Crippen MR) is 92.3 cm³/mol. The van der Waals surface area contributed by atoms with Crippen LogP contribution >= 0.6 is 34.7 Å². The van der Waals surface area contributed by atoms with Gasteiger partial charge in [-0.15, -0.1) is 23.1 Å². The lowest BCUT2D eigenvalue weighted by atomic mass is 10.2. The summed E-state index contributed by atoms with van der Waals surface area (Å²) in [6.45, 7) is 5.45. The van der Waals surface area contributed by atoms with Gasteiger partial charge in [-0.1, -0.05) is 24.6 Å². The van der Waals surface area contributed by atoms with Crippen molar-refractivity contribution in [3.05, 3.63) is 51.2 Å². The van der Waals surface area contributed by atoms with Gasteiger partial charge in [0.05, 0.1) is 6.04 Å². The molecule has 0 amide bonds. The molecule has 0 aliphatic heterocycles. The van der Waals surface area contributed by atoms with Crippen LogP contribution in [0, 0.1) is 6.92 Å². The summed E-state index contributed by atoms with van der Waals surface area (Å²) >= 11 is 9.75. The second-order valence-corrected chi connectivity index (χ2v) is 7.22. The molecule has 0 saturated carbocycles. The van der Waals surface area contributed by atoms with Crippen molar-refractivity contribution in [1.29, 1.82) is 0 Å². The van der Waals surface area contributed by atoms with E-state index in [1.807, 2.05) is 41.3 Å². The first-order valence-electron chi connectivity index (χ1n) is 6.86. The van der Waals surface area contributed by atoms with Crippen molar-refractivity contribution in [2.45, 2.75) is 31.2 Å². The maximum atomic E-state index is 6.04. The third-order valence-corrected chi connectivity index (χ3v) is 5.53. The molecule has 0 bridgehead atoms. The molecule has 0 radical (unpaired) electrons. The summed E-state index contributed by atoms with van der Waals surface area (Å²) in [5.74, 6) is 1.03. The third kappa shape index (κ3) is 4.52. The minimum Gasteiger partial charge on any atom is -0.309 e. The zero-order valence-corrected chi connectivity index (χ0v) is 14.2. The molecule has 20 heavy (non-hydrogen) atoms. The summed E-state index contributed by atoms with van der Waals surface area (Å²) in [4.78, 5) is 2.68. The SMILES string of the molecule is CCCNC(CSc1cccc(Cl)c1)c1sccc1C. The quantitative estimate of drug-likeness (QED) is 0.670. The molecule has 108 valence electrons. The van der Waals surface area contributed by atoms with Gasteiger partial charge in [0, 0.05) is 20.5 Å². The number of benzene rings is 1. The summed E-state index contributed by atoms with van der Waals surface area (Å²) in [5, 5.41) is 6.64. The molecule has 1 nitrogen and oxygen atoms in total. The Kier molecular flexibility index (Phi) is 6.43. The zero-order valence-electron chi connectivity index (χ0n) is 11.9. The Morgan fingerprint density at radius 1 is 1.35 bits per heavy atom. The first kappa shape index (κ1) is 15.9. The highest BCUT2D eigenvalue weighted by Gasteiger charge is 2.14. The fourth-order valence-electron chi connectivity index (χ4n) is 2.02. The van der Waals surface area contributed by atoms with Gasteiger partial charge in [0.2, 0.25) is 0 Å². The summed E-state index contributed by atoms with van der Waals surface area (Å²) in [6.07, 6.45) is 1.16. The lowest BCUT2D eigenvalue weighted by Gasteiger charge is -2.18. The van der Waals surface area contributed by atoms with Gasteiger partial charge < -0.3 is 5.32 Å². The van der Waals surface area contributed by atoms with Gasteiger partial charge >= 0.3 is 0 Å². The topological polar surface area (TPSA) is 12.0 Å². The average molecular weight is 326 g/mol. The number of nitrogens with one attached hydrogen (secondary N) is 1. The number of aryl methyl sites for hydroxylation is 1. The van der Waals surface area contributed by atoms with E-state index >= 15 is 0 Å². The number of hydrogen-bond acceptors (Lipinski definition) is 3. The molecule has 1 unspecified atom stereocenters. The summed E-state index contributed by atoms with van der Waals surface area (Å²) < 4.78 is 0. The highest BCUT2D eigenvalue weighted by atomic mass is 35.5. The normalized spacial score (nSPS) is 12.6. The lowest BCUT2D eigenvalue weighted by molar-refractivity contribution is 0.583. The van der Waals surface area contributed by atoms with Crippen LogP contribution in [0.15, 0.2) is 40.6 Å².